The molecule has 2 nitrogen and oxygen atoms in total. The van der Waals surface area contributed by atoms with Gasteiger partial charge in [-0.2, -0.15) is 13.2 Å². The maximum atomic E-state index is 13.6. The van der Waals surface area contributed by atoms with Gasteiger partial charge in [0.15, 0.2) is 0 Å². The van der Waals surface area contributed by atoms with E-state index < -0.39 is 24.6 Å². The third-order valence-corrected chi connectivity index (χ3v) is 4.83. The average molecular weight is 372 g/mol. The van der Waals surface area contributed by atoms with Crippen LogP contribution in [0, 0.1) is 5.92 Å². The molecule has 2 aromatic rings. The van der Waals surface area contributed by atoms with E-state index >= 15 is 0 Å². The number of hydrogen-bond donors (Lipinski definition) is 0. The number of fused-ring (bicyclic) bond motifs is 1. The van der Waals surface area contributed by atoms with Crippen LogP contribution in [0.15, 0.2) is 30.3 Å². The van der Waals surface area contributed by atoms with Crippen molar-refractivity contribution in [1.82, 2.24) is 0 Å². The van der Waals surface area contributed by atoms with Gasteiger partial charge in [0, 0.05) is 5.56 Å². The van der Waals surface area contributed by atoms with Gasteiger partial charge in [0.25, 0.3) is 6.43 Å². The molecule has 0 aromatic heterocycles. The van der Waals surface area contributed by atoms with E-state index in [1.165, 1.54) is 24.3 Å². The molecule has 26 heavy (non-hydrogen) atoms. The second-order valence-electron chi connectivity index (χ2n) is 6.51. The normalized spacial score (nSPS) is 21.2. The predicted molar refractivity (Wildman–Crippen MR) is 86.7 cm³/mol. The topological polar surface area (TPSA) is 26.3 Å². The van der Waals surface area contributed by atoms with E-state index in [-0.39, 0.29) is 42.4 Å². The zero-order chi connectivity index (χ0) is 18.9. The first-order chi connectivity index (χ1) is 12.3. The quantitative estimate of drug-likeness (QED) is 0.480. The van der Waals surface area contributed by atoms with Crippen LogP contribution in [0.2, 0.25) is 0 Å². The molecule has 7 heteroatoms. The van der Waals surface area contributed by atoms with Crippen molar-refractivity contribution in [3.8, 4) is 5.75 Å². The molecule has 0 unspecified atom stereocenters. The molecule has 0 amide bonds. The molecule has 0 N–H and O–H groups in total. The second kappa shape index (κ2) is 7.21. The summed E-state index contributed by atoms with van der Waals surface area (Å²) in [5, 5.41) is 0.755. The van der Waals surface area contributed by atoms with Gasteiger partial charge in [-0.15, -0.1) is 0 Å². The Morgan fingerprint density at radius 2 is 1.73 bits per heavy atom. The Bertz CT molecular complexity index is 792. The summed E-state index contributed by atoms with van der Waals surface area (Å²) in [5.74, 6) is -1.36. The molecule has 0 aliphatic heterocycles. The molecular weight excluding hydrogens is 355 g/mol. The lowest BCUT2D eigenvalue weighted by molar-refractivity contribution is -0.185. The lowest BCUT2D eigenvalue weighted by Crippen LogP contribution is -2.32. The van der Waals surface area contributed by atoms with Gasteiger partial charge in [0.1, 0.15) is 12.0 Å². The fraction of sp³-hybridized carbons (Fsp3) is 0.421. The summed E-state index contributed by atoms with van der Waals surface area (Å²) in [5.41, 5.74) is 0.0785. The minimum atomic E-state index is -4.22. The van der Waals surface area contributed by atoms with Crippen molar-refractivity contribution >= 4 is 17.1 Å². The molecule has 0 bridgehead atoms. The highest BCUT2D eigenvalue weighted by Gasteiger charge is 2.41. The molecule has 2 aromatic carbocycles. The number of hydrogen-bond acceptors (Lipinski definition) is 2. The number of rotatable bonds is 4. The van der Waals surface area contributed by atoms with Gasteiger partial charge in [-0.05, 0) is 48.6 Å². The molecule has 1 aliphatic carbocycles. The summed E-state index contributed by atoms with van der Waals surface area (Å²) < 4.78 is 71.1. The predicted octanol–water partition coefficient (Wildman–Crippen LogP) is 6.09. The smallest absolute Gasteiger partial charge is 0.391 e. The van der Waals surface area contributed by atoms with E-state index in [9.17, 15) is 26.7 Å². The lowest BCUT2D eigenvalue weighted by Gasteiger charge is -2.30. The Morgan fingerprint density at radius 1 is 1.04 bits per heavy atom. The van der Waals surface area contributed by atoms with Crippen LogP contribution >= 0.6 is 0 Å². The Hall–Kier alpha value is -2.18. The minimum absolute atomic E-state index is 0.0122. The highest BCUT2D eigenvalue weighted by atomic mass is 19.4. The van der Waals surface area contributed by atoms with E-state index in [1.807, 2.05) is 0 Å². The molecule has 1 aliphatic rings. The molecule has 3 rings (SSSR count). The zero-order valence-electron chi connectivity index (χ0n) is 13.7. The first kappa shape index (κ1) is 18.6. The number of halogens is 5. The molecular formula is C19H17F5O2. The molecule has 1 fully saturated rings. The Morgan fingerprint density at radius 3 is 2.31 bits per heavy atom. The average Bonchev–Trinajstić information content (AvgIpc) is 2.60. The number of alkyl halides is 5. The second-order valence-corrected chi connectivity index (χ2v) is 6.51. The van der Waals surface area contributed by atoms with E-state index in [0.29, 0.717) is 17.2 Å². The molecule has 140 valence electrons. The van der Waals surface area contributed by atoms with Crippen molar-refractivity contribution in [3.63, 3.8) is 0 Å². The molecule has 1 saturated carbocycles. The zero-order valence-corrected chi connectivity index (χ0v) is 13.7. The maximum Gasteiger partial charge on any atom is 0.391 e. The molecule has 0 heterocycles. The first-order valence-corrected chi connectivity index (χ1v) is 8.33. The maximum absolute atomic E-state index is 13.6. The van der Waals surface area contributed by atoms with Gasteiger partial charge in [-0.25, -0.2) is 8.78 Å². The molecule has 0 saturated heterocycles. The van der Waals surface area contributed by atoms with Crippen LogP contribution in [0.25, 0.3) is 10.8 Å². The van der Waals surface area contributed by atoms with E-state index in [4.69, 9.17) is 4.74 Å². The van der Waals surface area contributed by atoms with Gasteiger partial charge < -0.3 is 4.74 Å². The third kappa shape index (κ3) is 3.81. The number of ether oxygens (including phenoxy) is 1. The van der Waals surface area contributed by atoms with Gasteiger partial charge in [0.2, 0.25) is 0 Å². The van der Waals surface area contributed by atoms with Crippen molar-refractivity contribution in [2.45, 2.75) is 44.4 Å². The van der Waals surface area contributed by atoms with Gasteiger partial charge in [-0.1, -0.05) is 18.2 Å². The van der Waals surface area contributed by atoms with Crippen molar-refractivity contribution < 1.29 is 31.5 Å². The fourth-order valence-electron chi connectivity index (χ4n) is 3.44. The summed E-state index contributed by atoms with van der Waals surface area (Å²) in [4.78, 5) is 10.8. The van der Waals surface area contributed by atoms with Crippen molar-refractivity contribution in [3.05, 3.63) is 41.5 Å². The van der Waals surface area contributed by atoms with Crippen molar-refractivity contribution in [2.24, 2.45) is 5.92 Å². The summed E-state index contributed by atoms with van der Waals surface area (Å²) in [7, 11) is 0. The monoisotopic (exact) mass is 372 g/mol. The van der Waals surface area contributed by atoms with Crippen LogP contribution in [-0.4, -0.2) is 18.6 Å². The van der Waals surface area contributed by atoms with Gasteiger partial charge in [0.05, 0.1) is 17.6 Å². The summed E-state index contributed by atoms with van der Waals surface area (Å²) in [6, 6.07) is 7.36. The SMILES string of the molecule is O=Cc1ccc2c(C(F)F)c(OC3CCC(C(F)(F)F)CC3)ccc2c1. The van der Waals surface area contributed by atoms with Crippen LogP contribution < -0.4 is 4.74 Å². The Labute approximate surface area is 146 Å². The van der Waals surface area contributed by atoms with Crippen molar-refractivity contribution in [1.29, 1.82) is 0 Å². The van der Waals surface area contributed by atoms with E-state index in [2.05, 4.69) is 0 Å². The number of aldehydes is 1. The van der Waals surface area contributed by atoms with Crippen LogP contribution in [0.1, 0.15) is 48.0 Å². The van der Waals surface area contributed by atoms with Crippen LogP contribution in [0.4, 0.5) is 22.0 Å². The van der Waals surface area contributed by atoms with Crippen LogP contribution in [-0.2, 0) is 0 Å². The van der Waals surface area contributed by atoms with Gasteiger partial charge >= 0.3 is 6.18 Å². The number of carbonyl (C=O) groups excluding carboxylic acids is 1. The van der Waals surface area contributed by atoms with E-state index in [0.717, 1.165) is 0 Å². The number of carbonyl (C=O) groups is 1. The Kier molecular flexibility index (Phi) is 5.16. The lowest BCUT2D eigenvalue weighted by atomic mass is 9.87. The van der Waals surface area contributed by atoms with Crippen LogP contribution in [0.5, 0.6) is 5.75 Å². The molecule has 0 atom stereocenters. The first-order valence-electron chi connectivity index (χ1n) is 8.33. The van der Waals surface area contributed by atoms with E-state index in [1.54, 1.807) is 6.07 Å². The third-order valence-electron chi connectivity index (χ3n) is 4.83. The highest BCUT2D eigenvalue weighted by Crippen LogP contribution is 2.41. The standard InChI is InChI=1S/C19H17F5O2/c20-18(21)17-15-7-1-11(10-25)9-12(15)2-8-16(17)26-14-5-3-13(4-6-14)19(22,23)24/h1-2,7-10,13-14,18H,3-6H2. The largest absolute Gasteiger partial charge is 0.490 e. The summed E-state index contributed by atoms with van der Waals surface area (Å²) in [6.45, 7) is 0. The van der Waals surface area contributed by atoms with Crippen LogP contribution in [0.3, 0.4) is 0 Å². The summed E-state index contributed by atoms with van der Waals surface area (Å²) >= 11 is 0. The fourth-order valence-corrected chi connectivity index (χ4v) is 3.44. The van der Waals surface area contributed by atoms with Gasteiger partial charge in [-0.3, -0.25) is 4.79 Å². The van der Waals surface area contributed by atoms with Crippen molar-refractivity contribution in [2.75, 3.05) is 0 Å². The molecule has 0 spiro atoms. The number of benzene rings is 2. The Balaban J connectivity index is 1.84. The highest BCUT2D eigenvalue weighted by molar-refractivity contribution is 5.92. The minimum Gasteiger partial charge on any atom is -0.490 e. The molecule has 0 radical (unpaired) electrons. The summed E-state index contributed by atoms with van der Waals surface area (Å²) in [6.07, 6.45) is -6.68.